The van der Waals surface area contributed by atoms with Crippen LogP contribution in [0, 0.1) is 0 Å². The quantitative estimate of drug-likeness (QED) is 0.863. The lowest BCUT2D eigenvalue weighted by Gasteiger charge is -2.08. The minimum atomic E-state index is 0.584. The molecule has 0 spiro atoms. The molecule has 6 heteroatoms. The van der Waals surface area contributed by atoms with Gasteiger partial charge in [0.1, 0.15) is 5.82 Å². The van der Waals surface area contributed by atoms with Gasteiger partial charge in [0, 0.05) is 17.9 Å². The van der Waals surface area contributed by atoms with Crippen molar-refractivity contribution in [2.45, 2.75) is 42.3 Å². The topological polar surface area (TPSA) is 56.7 Å². The van der Waals surface area contributed by atoms with Gasteiger partial charge in [-0.15, -0.1) is 10.2 Å². The number of nitrogens with zero attached hydrogens (tertiary/aromatic N) is 3. The van der Waals surface area contributed by atoms with Gasteiger partial charge in [-0.3, -0.25) is 0 Å². The van der Waals surface area contributed by atoms with E-state index in [1.54, 1.807) is 6.07 Å². The number of nitrogens with two attached hydrogens (primary N) is 1. The van der Waals surface area contributed by atoms with Crippen LogP contribution in [-0.2, 0) is 13.0 Å². The molecule has 1 aromatic heterocycles. The molecular weight excluding hydrogens is 280 g/mol. The van der Waals surface area contributed by atoms with Crippen molar-refractivity contribution in [2.24, 2.45) is 0 Å². The van der Waals surface area contributed by atoms with Gasteiger partial charge in [-0.1, -0.05) is 24.1 Å². The van der Waals surface area contributed by atoms with Crippen LogP contribution in [0.1, 0.15) is 25.1 Å². The Morgan fingerprint density at radius 2 is 2.11 bits per heavy atom. The molecule has 4 nitrogen and oxygen atoms in total. The van der Waals surface area contributed by atoms with Crippen LogP contribution in [0.25, 0.3) is 0 Å². The van der Waals surface area contributed by atoms with Crippen LogP contribution in [0.4, 0.5) is 5.69 Å². The molecule has 1 aliphatic rings. The maximum Gasteiger partial charge on any atom is 0.196 e. The van der Waals surface area contributed by atoms with Crippen LogP contribution in [0.2, 0.25) is 5.02 Å². The van der Waals surface area contributed by atoms with Crippen molar-refractivity contribution in [1.82, 2.24) is 14.8 Å². The molecule has 1 aromatic carbocycles. The van der Waals surface area contributed by atoms with Crippen molar-refractivity contribution in [3.63, 3.8) is 0 Å². The average Bonchev–Trinajstić information content (AvgIpc) is 2.63. The Kier molecular flexibility index (Phi) is 3.66. The third-order valence-corrected chi connectivity index (χ3v) is 4.68. The predicted octanol–water partition coefficient (Wildman–Crippen LogP) is 3.39. The molecule has 2 N–H and O–H groups in total. The fourth-order valence-corrected chi connectivity index (χ4v) is 3.42. The molecule has 0 fully saturated rings. The van der Waals surface area contributed by atoms with E-state index >= 15 is 0 Å². The zero-order valence-electron chi connectivity index (χ0n) is 10.5. The van der Waals surface area contributed by atoms with Gasteiger partial charge < -0.3 is 10.3 Å². The standard InChI is InChI=1S/C13H15ClN4S/c14-9-5-4-6-10(12(9)15)19-13-17-16-11-7-2-1-3-8-18(11)13/h4-6H,1-3,7-8,15H2. The van der Waals surface area contributed by atoms with E-state index in [2.05, 4.69) is 14.8 Å². The molecule has 0 unspecified atom stereocenters. The summed E-state index contributed by atoms with van der Waals surface area (Å²) in [5.74, 6) is 1.08. The number of hydrogen-bond acceptors (Lipinski definition) is 4. The predicted molar refractivity (Wildman–Crippen MR) is 77.6 cm³/mol. The van der Waals surface area contributed by atoms with Crippen LogP contribution in [0.15, 0.2) is 28.3 Å². The highest BCUT2D eigenvalue weighted by molar-refractivity contribution is 7.99. The summed E-state index contributed by atoms with van der Waals surface area (Å²) in [7, 11) is 0. The molecule has 0 bridgehead atoms. The van der Waals surface area contributed by atoms with Gasteiger partial charge >= 0.3 is 0 Å². The van der Waals surface area contributed by atoms with Crippen molar-refractivity contribution < 1.29 is 0 Å². The zero-order chi connectivity index (χ0) is 13.2. The Hall–Kier alpha value is -1.20. The Labute approximate surface area is 121 Å². The fraction of sp³-hybridized carbons (Fsp3) is 0.385. The van der Waals surface area contributed by atoms with E-state index in [9.17, 15) is 0 Å². The SMILES string of the molecule is Nc1c(Cl)cccc1Sc1nnc2n1CCCCC2. The number of nitrogen functional groups attached to an aromatic ring is 1. The number of benzene rings is 1. The van der Waals surface area contributed by atoms with Gasteiger partial charge in [-0.05, 0) is 36.7 Å². The highest BCUT2D eigenvalue weighted by Crippen LogP contribution is 2.35. The lowest BCUT2D eigenvalue weighted by molar-refractivity contribution is 0.591. The molecule has 2 aromatic rings. The van der Waals surface area contributed by atoms with E-state index in [0.717, 1.165) is 28.8 Å². The van der Waals surface area contributed by atoms with E-state index < -0.39 is 0 Å². The number of para-hydroxylation sites is 1. The van der Waals surface area contributed by atoms with Gasteiger partial charge in [0.25, 0.3) is 0 Å². The number of fused-ring (bicyclic) bond motifs is 1. The van der Waals surface area contributed by atoms with Gasteiger partial charge in [0.15, 0.2) is 5.16 Å². The molecule has 3 rings (SSSR count). The lowest BCUT2D eigenvalue weighted by Crippen LogP contribution is -2.02. The average molecular weight is 295 g/mol. The zero-order valence-corrected chi connectivity index (χ0v) is 12.0. The summed E-state index contributed by atoms with van der Waals surface area (Å²) in [6.07, 6.45) is 4.65. The molecule has 2 heterocycles. The number of hydrogen-bond donors (Lipinski definition) is 1. The molecule has 0 radical (unpaired) electrons. The first kappa shape index (κ1) is 12.8. The van der Waals surface area contributed by atoms with Crippen LogP contribution in [-0.4, -0.2) is 14.8 Å². The minimum absolute atomic E-state index is 0.584. The lowest BCUT2D eigenvalue weighted by atomic mass is 10.2. The number of aryl methyl sites for hydroxylation is 1. The van der Waals surface area contributed by atoms with E-state index in [1.807, 2.05) is 12.1 Å². The fourth-order valence-electron chi connectivity index (χ4n) is 2.24. The number of aromatic nitrogens is 3. The van der Waals surface area contributed by atoms with Crippen molar-refractivity contribution >= 4 is 29.1 Å². The molecule has 0 aliphatic carbocycles. The summed E-state index contributed by atoms with van der Waals surface area (Å²) in [5, 5.41) is 10.1. The van der Waals surface area contributed by atoms with Gasteiger partial charge in [-0.2, -0.15) is 0 Å². The van der Waals surface area contributed by atoms with Crippen molar-refractivity contribution in [3.05, 3.63) is 29.0 Å². The monoisotopic (exact) mass is 294 g/mol. The third kappa shape index (κ3) is 2.58. The summed E-state index contributed by atoms with van der Waals surface area (Å²) in [5.41, 5.74) is 6.61. The Balaban J connectivity index is 1.91. The summed E-state index contributed by atoms with van der Waals surface area (Å²) in [6.45, 7) is 0.991. The van der Waals surface area contributed by atoms with E-state index in [-0.39, 0.29) is 0 Å². The maximum atomic E-state index is 6.04. The highest BCUT2D eigenvalue weighted by Gasteiger charge is 2.16. The molecular formula is C13H15ClN4S. The van der Waals surface area contributed by atoms with E-state index in [4.69, 9.17) is 17.3 Å². The van der Waals surface area contributed by atoms with Crippen molar-refractivity contribution in [1.29, 1.82) is 0 Å². The van der Waals surface area contributed by atoms with Gasteiger partial charge in [0.2, 0.25) is 0 Å². The molecule has 100 valence electrons. The molecule has 0 amide bonds. The van der Waals surface area contributed by atoms with Crippen LogP contribution in [0.3, 0.4) is 0 Å². The van der Waals surface area contributed by atoms with E-state index in [0.29, 0.717) is 10.7 Å². The molecule has 0 saturated heterocycles. The number of anilines is 1. The molecule has 0 saturated carbocycles. The van der Waals surface area contributed by atoms with Crippen LogP contribution >= 0.6 is 23.4 Å². The van der Waals surface area contributed by atoms with Gasteiger partial charge in [-0.25, -0.2) is 0 Å². The first-order chi connectivity index (χ1) is 9.25. The summed E-state index contributed by atoms with van der Waals surface area (Å²) < 4.78 is 2.21. The van der Waals surface area contributed by atoms with Crippen molar-refractivity contribution in [2.75, 3.05) is 5.73 Å². The highest BCUT2D eigenvalue weighted by atomic mass is 35.5. The maximum absolute atomic E-state index is 6.04. The normalized spacial score (nSPS) is 15.0. The van der Waals surface area contributed by atoms with E-state index in [1.165, 1.54) is 31.0 Å². The van der Waals surface area contributed by atoms with Crippen molar-refractivity contribution in [3.8, 4) is 0 Å². The Bertz CT molecular complexity index is 596. The largest absolute Gasteiger partial charge is 0.397 e. The third-order valence-electron chi connectivity index (χ3n) is 3.29. The van der Waals surface area contributed by atoms with Crippen LogP contribution in [0.5, 0.6) is 0 Å². The molecule has 0 atom stereocenters. The first-order valence-corrected chi connectivity index (χ1v) is 7.59. The second-order valence-electron chi connectivity index (χ2n) is 4.61. The Morgan fingerprint density at radius 3 is 3.00 bits per heavy atom. The summed E-state index contributed by atoms with van der Waals surface area (Å²) in [6, 6.07) is 5.66. The van der Waals surface area contributed by atoms with Crippen LogP contribution < -0.4 is 5.73 Å². The second-order valence-corrected chi connectivity index (χ2v) is 6.03. The first-order valence-electron chi connectivity index (χ1n) is 6.39. The number of rotatable bonds is 2. The smallest absolute Gasteiger partial charge is 0.196 e. The molecule has 1 aliphatic heterocycles. The number of halogens is 1. The molecule has 19 heavy (non-hydrogen) atoms. The second kappa shape index (κ2) is 5.43. The Morgan fingerprint density at radius 1 is 1.21 bits per heavy atom. The summed E-state index contributed by atoms with van der Waals surface area (Å²) >= 11 is 7.58. The minimum Gasteiger partial charge on any atom is -0.397 e. The summed E-state index contributed by atoms with van der Waals surface area (Å²) in [4.78, 5) is 0.937. The van der Waals surface area contributed by atoms with Gasteiger partial charge in [0.05, 0.1) is 10.7 Å².